The van der Waals surface area contributed by atoms with Gasteiger partial charge in [0, 0.05) is 36.5 Å². The summed E-state index contributed by atoms with van der Waals surface area (Å²) >= 11 is 0. The van der Waals surface area contributed by atoms with Crippen LogP contribution in [-0.4, -0.2) is 36.7 Å². The van der Waals surface area contributed by atoms with E-state index in [1.165, 1.54) is 0 Å². The van der Waals surface area contributed by atoms with Crippen LogP contribution in [0.1, 0.15) is 29.3 Å². The number of nitrogens with zero attached hydrogens (tertiary/aromatic N) is 1. The van der Waals surface area contributed by atoms with Crippen LogP contribution in [0.2, 0.25) is 0 Å². The van der Waals surface area contributed by atoms with Crippen molar-refractivity contribution < 1.29 is 9.53 Å². The Kier molecular flexibility index (Phi) is 5.10. The molecule has 20 heavy (non-hydrogen) atoms. The third kappa shape index (κ3) is 3.80. The number of aromatic nitrogens is 1. The zero-order valence-electron chi connectivity index (χ0n) is 11.6. The molecular weight excluding hydrogens is 254 g/mol. The molecule has 5 nitrogen and oxygen atoms in total. The van der Waals surface area contributed by atoms with E-state index in [0.717, 1.165) is 13.0 Å². The molecule has 0 aromatic carbocycles. The molecular formula is C15H19N3O2. The van der Waals surface area contributed by atoms with Gasteiger partial charge in [-0.25, -0.2) is 0 Å². The van der Waals surface area contributed by atoms with E-state index in [1.54, 1.807) is 18.5 Å². The van der Waals surface area contributed by atoms with Crippen LogP contribution < -0.4 is 11.1 Å². The van der Waals surface area contributed by atoms with Crippen molar-refractivity contribution in [3.8, 4) is 11.8 Å². The van der Waals surface area contributed by atoms with Crippen molar-refractivity contribution in [1.29, 1.82) is 0 Å². The van der Waals surface area contributed by atoms with Gasteiger partial charge in [-0.1, -0.05) is 11.8 Å². The van der Waals surface area contributed by atoms with E-state index in [0.29, 0.717) is 23.7 Å². The normalized spacial score (nSPS) is 19.0. The van der Waals surface area contributed by atoms with E-state index in [-0.39, 0.29) is 18.5 Å². The Labute approximate surface area is 118 Å². The van der Waals surface area contributed by atoms with Crippen molar-refractivity contribution >= 4 is 5.91 Å². The van der Waals surface area contributed by atoms with Crippen LogP contribution >= 0.6 is 0 Å². The number of ether oxygens (including phenoxy) is 1. The molecule has 0 radical (unpaired) electrons. The third-order valence-corrected chi connectivity index (χ3v) is 3.37. The number of carbonyl (C=O) groups excluding carboxylic acids is 1. The van der Waals surface area contributed by atoms with Crippen molar-refractivity contribution in [2.75, 3.05) is 19.8 Å². The molecule has 2 heterocycles. The van der Waals surface area contributed by atoms with Crippen LogP contribution in [0.5, 0.6) is 0 Å². The van der Waals surface area contributed by atoms with Crippen LogP contribution in [0.3, 0.4) is 0 Å². The number of pyridine rings is 1. The molecule has 1 aliphatic rings. The summed E-state index contributed by atoms with van der Waals surface area (Å²) < 4.78 is 5.34. The maximum absolute atomic E-state index is 12.2. The standard InChI is InChI=1S/C15H19N3O2/c1-11(13-4-6-20-10-13)18-15(19)14-7-12(3-2-5-16)8-17-9-14/h7-9,11,13H,4-6,10,16H2,1H3,(H,18,19). The Balaban J connectivity index is 2.01. The molecule has 1 aromatic heterocycles. The lowest BCUT2D eigenvalue weighted by Gasteiger charge is -2.19. The van der Waals surface area contributed by atoms with Gasteiger partial charge in [-0.15, -0.1) is 0 Å². The molecule has 5 heteroatoms. The fourth-order valence-electron chi connectivity index (χ4n) is 2.14. The number of rotatable bonds is 3. The van der Waals surface area contributed by atoms with E-state index in [2.05, 4.69) is 22.1 Å². The molecule has 1 aliphatic heterocycles. The maximum Gasteiger partial charge on any atom is 0.253 e. The van der Waals surface area contributed by atoms with Gasteiger partial charge in [0.15, 0.2) is 0 Å². The Morgan fingerprint density at radius 1 is 1.65 bits per heavy atom. The Bertz CT molecular complexity index is 527. The van der Waals surface area contributed by atoms with E-state index < -0.39 is 0 Å². The van der Waals surface area contributed by atoms with Gasteiger partial charge in [-0.3, -0.25) is 9.78 Å². The minimum Gasteiger partial charge on any atom is -0.381 e. The van der Waals surface area contributed by atoms with Gasteiger partial charge in [-0.05, 0) is 19.4 Å². The van der Waals surface area contributed by atoms with Gasteiger partial charge in [0.2, 0.25) is 0 Å². The van der Waals surface area contributed by atoms with Crippen molar-refractivity contribution in [3.63, 3.8) is 0 Å². The first-order valence-corrected chi connectivity index (χ1v) is 6.73. The molecule has 2 rings (SSSR count). The highest BCUT2D eigenvalue weighted by molar-refractivity contribution is 5.94. The molecule has 1 fully saturated rings. The predicted octanol–water partition coefficient (Wildman–Crippen LogP) is 0.547. The summed E-state index contributed by atoms with van der Waals surface area (Å²) in [6.45, 7) is 3.77. The van der Waals surface area contributed by atoms with Crippen LogP contribution in [0.4, 0.5) is 0 Å². The van der Waals surface area contributed by atoms with Gasteiger partial charge in [0.25, 0.3) is 5.91 Å². The fraction of sp³-hybridized carbons (Fsp3) is 0.467. The molecule has 1 saturated heterocycles. The summed E-state index contributed by atoms with van der Waals surface area (Å²) in [5.74, 6) is 5.87. The molecule has 0 spiro atoms. The molecule has 1 aromatic rings. The Hall–Kier alpha value is -1.90. The zero-order chi connectivity index (χ0) is 14.4. The lowest BCUT2D eigenvalue weighted by atomic mass is 10.0. The largest absolute Gasteiger partial charge is 0.381 e. The van der Waals surface area contributed by atoms with Crippen LogP contribution in [0, 0.1) is 17.8 Å². The average Bonchev–Trinajstić information content (AvgIpc) is 2.99. The summed E-state index contributed by atoms with van der Waals surface area (Å²) in [4.78, 5) is 16.2. The number of nitrogens with two attached hydrogens (primary N) is 1. The topological polar surface area (TPSA) is 77.2 Å². The first-order valence-electron chi connectivity index (χ1n) is 6.73. The second-order valence-electron chi connectivity index (χ2n) is 4.85. The predicted molar refractivity (Wildman–Crippen MR) is 76.0 cm³/mol. The monoisotopic (exact) mass is 273 g/mol. The Morgan fingerprint density at radius 3 is 3.20 bits per heavy atom. The summed E-state index contributed by atoms with van der Waals surface area (Å²) in [6.07, 6.45) is 4.15. The minimum absolute atomic E-state index is 0.0868. The van der Waals surface area contributed by atoms with Crippen LogP contribution in [-0.2, 0) is 4.74 Å². The lowest BCUT2D eigenvalue weighted by Crippen LogP contribution is -2.38. The SMILES string of the molecule is CC(NC(=O)c1cncc(C#CCN)c1)C1CCOC1. The average molecular weight is 273 g/mol. The summed E-state index contributed by atoms with van der Waals surface area (Å²) in [5, 5.41) is 2.99. The highest BCUT2D eigenvalue weighted by Crippen LogP contribution is 2.16. The highest BCUT2D eigenvalue weighted by Gasteiger charge is 2.23. The van der Waals surface area contributed by atoms with E-state index in [4.69, 9.17) is 10.5 Å². The first kappa shape index (κ1) is 14.5. The minimum atomic E-state index is -0.131. The number of nitrogens with one attached hydrogen (secondary N) is 1. The molecule has 2 atom stereocenters. The molecule has 1 amide bonds. The van der Waals surface area contributed by atoms with Crippen molar-refractivity contribution in [1.82, 2.24) is 10.3 Å². The maximum atomic E-state index is 12.2. The third-order valence-electron chi connectivity index (χ3n) is 3.37. The van der Waals surface area contributed by atoms with E-state index in [1.807, 2.05) is 6.92 Å². The van der Waals surface area contributed by atoms with Crippen molar-refractivity contribution in [3.05, 3.63) is 29.6 Å². The number of amides is 1. The van der Waals surface area contributed by atoms with Gasteiger partial charge < -0.3 is 15.8 Å². The Morgan fingerprint density at radius 2 is 2.50 bits per heavy atom. The van der Waals surface area contributed by atoms with Gasteiger partial charge in [0.1, 0.15) is 0 Å². The van der Waals surface area contributed by atoms with E-state index in [9.17, 15) is 4.79 Å². The van der Waals surface area contributed by atoms with Crippen molar-refractivity contribution in [2.24, 2.45) is 11.7 Å². The second-order valence-corrected chi connectivity index (χ2v) is 4.85. The summed E-state index contributed by atoms with van der Waals surface area (Å²) in [6, 6.07) is 1.81. The van der Waals surface area contributed by atoms with Gasteiger partial charge in [-0.2, -0.15) is 0 Å². The number of hydrogen-bond acceptors (Lipinski definition) is 4. The zero-order valence-corrected chi connectivity index (χ0v) is 11.6. The van der Waals surface area contributed by atoms with Crippen molar-refractivity contribution in [2.45, 2.75) is 19.4 Å². The van der Waals surface area contributed by atoms with Crippen LogP contribution in [0.25, 0.3) is 0 Å². The quantitative estimate of drug-likeness (QED) is 0.788. The van der Waals surface area contributed by atoms with Gasteiger partial charge in [0.05, 0.1) is 18.7 Å². The molecule has 0 bridgehead atoms. The number of carbonyl (C=O) groups is 1. The van der Waals surface area contributed by atoms with E-state index >= 15 is 0 Å². The fourth-order valence-corrected chi connectivity index (χ4v) is 2.14. The molecule has 2 unspecified atom stereocenters. The molecule has 0 aliphatic carbocycles. The van der Waals surface area contributed by atoms with Gasteiger partial charge >= 0.3 is 0 Å². The highest BCUT2D eigenvalue weighted by atomic mass is 16.5. The molecule has 3 N–H and O–H groups in total. The second kappa shape index (κ2) is 7.04. The molecule has 106 valence electrons. The first-order chi connectivity index (χ1) is 9.70. The summed E-state index contributed by atoms with van der Waals surface area (Å²) in [5.41, 5.74) is 6.53. The summed E-state index contributed by atoms with van der Waals surface area (Å²) in [7, 11) is 0. The smallest absolute Gasteiger partial charge is 0.253 e. The lowest BCUT2D eigenvalue weighted by molar-refractivity contribution is 0.0922. The number of hydrogen-bond donors (Lipinski definition) is 2. The molecule has 0 saturated carbocycles. The van der Waals surface area contributed by atoms with Crippen LogP contribution in [0.15, 0.2) is 18.5 Å².